The number of carbonyl (C=O) groups is 1. The number of carboxylic acid groups (broad SMARTS) is 1. The lowest BCUT2D eigenvalue weighted by molar-refractivity contribution is -0.179. The molecule has 5 aliphatic carbocycles. The third kappa shape index (κ3) is 3.39. The van der Waals surface area contributed by atoms with E-state index in [9.17, 15) is 9.90 Å². The Morgan fingerprint density at radius 1 is 0.976 bits per heavy atom. The smallest absolute Gasteiger partial charge is 0.310 e. The average molecular weight is 574 g/mol. The predicted molar refractivity (Wildman–Crippen MR) is 167 cm³/mol. The van der Waals surface area contributed by atoms with Crippen molar-refractivity contribution in [3.05, 3.63) is 52.2 Å². The first kappa shape index (κ1) is 27.9. The third-order valence-electron chi connectivity index (χ3n) is 14.6. The van der Waals surface area contributed by atoms with E-state index in [1.165, 1.54) is 29.7 Å². The summed E-state index contributed by atoms with van der Waals surface area (Å²) in [7, 11) is 0. The van der Waals surface area contributed by atoms with Gasteiger partial charge >= 0.3 is 5.97 Å². The number of aromatic nitrogens is 1. The van der Waals surface area contributed by atoms with Gasteiger partial charge in [0.1, 0.15) is 0 Å². The van der Waals surface area contributed by atoms with Crippen molar-refractivity contribution in [3.8, 4) is 0 Å². The van der Waals surface area contributed by atoms with Crippen LogP contribution < -0.4 is 0 Å². The van der Waals surface area contributed by atoms with Gasteiger partial charge in [0.25, 0.3) is 0 Å². The number of hydrogen-bond acceptors (Lipinski definition) is 2. The minimum atomic E-state index is -0.582. The first-order chi connectivity index (χ1) is 19.2. The van der Waals surface area contributed by atoms with Crippen LogP contribution in [0.15, 0.2) is 35.9 Å². The Morgan fingerprint density at radius 2 is 1.73 bits per heavy atom. The molecule has 4 heteroatoms. The van der Waals surface area contributed by atoms with E-state index in [0.29, 0.717) is 23.7 Å². The zero-order valence-electron chi connectivity index (χ0n) is 26.1. The number of halogens is 1. The molecular formula is C37H48ClNO2. The van der Waals surface area contributed by atoms with Crippen molar-refractivity contribution in [2.24, 2.45) is 51.2 Å². The normalized spacial score (nSPS) is 44.5. The number of aliphatic carboxylic acids is 1. The van der Waals surface area contributed by atoms with Crippen molar-refractivity contribution in [2.45, 2.75) is 105 Å². The maximum absolute atomic E-state index is 13.0. The van der Waals surface area contributed by atoms with E-state index in [1.54, 1.807) is 0 Å². The fourth-order valence-electron chi connectivity index (χ4n) is 12.1. The quantitative estimate of drug-likeness (QED) is 0.345. The molecule has 0 aliphatic heterocycles. The number of carboxylic acids is 1. The van der Waals surface area contributed by atoms with Crippen LogP contribution in [0.3, 0.4) is 0 Å². The van der Waals surface area contributed by atoms with E-state index in [-0.39, 0.29) is 27.6 Å². The van der Waals surface area contributed by atoms with E-state index >= 15 is 0 Å². The second-order valence-corrected chi connectivity index (χ2v) is 16.8. The van der Waals surface area contributed by atoms with Crippen LogP contribution in [0, 0.1) is 51.2 Å². The lowest BCUT2D eigenvalue weighted by Gasteiger charge is -2.70. The average Bonchev–Trinajstić information content (AvgIpc) is 2.90. The summed E-state index contributed by atoms with van der Waals surface area (Å²) in [6.45, 7) is 17.4. The maximum Gasteiger partial charge on any atom is 0.310 e. The fraction of sp³-hybridized carbons (Fsp3) is 0.676. The lowest BCUT2D eigenvalue weighted by atomic mass is 9.33. The van der Waals surface area contributed by atoms with Crippen molar-refractivity contribution in [1.82, 2.24) is 4.98 Å². The molecule has 1 heterocycles. The molecule has 0 unspecified atom stereocenters. The van der Waals surface area contributed by atoms with Crippen LogP contribution >= 0.6 is 11.6 Å². The molecular weight excluding hydrogens is 526 g/mol. The molecule has 5 aliphatic rings. The number of nitrogens with zero attached hydrogens (tertiary/aromatic N) is 1. The Kier molecular flexibility index (Phi) is 5.87. The van der Waals surface area contributed by atoms with Gasteiger partial charge in [0.05, 0.1) is 16.6 Å². The van der Waals surface area contributed by atoms with Gasteiger partial charge in [-0.15, -0.1) is 0 Å². The number of allylic oxidation sites excluding steroid dienone is 2. The number of rotatable bonds is 1. The highest BCUT2D eigenvalue weighted by atomic mass is 35.5. The minimum Gasteiger partial charge on any atom is -0.481 e. The number of hydrogen-bond donors (Lipinski definition) is 1. The van der Waals surface area contributed by atoms with Crippen LogP contribution in [0.4, 0.5) is 0 Å². The second-order valence-electron chi connectivity index (χ2n) is 16.3. The molecule has 0 amide bonds. The minimum absolute atomic E-state index is 0.0132. The summed E-state index contributed by atoms with van der Waals surface area (Å²) in [4.78, 5) is 18.3. The van der Waals surface area contributed by atoms with Gasteiger partial charge in [-0.2, -0.15) is 0 Å². The molecule has 0 radical (unpaired) electrons. The van der Waals surface area contributed by atoms with Gasteiger partial charge in [0, 0.05) is 15.8 Å². The molecule has 0 spiro atoms. The summed E-state index contributed by atoms with van der Waals surface area (Å²) in [5.41, 5.74) is 4.98. The van der Waals surface area contributed by atoms with E-state index in [0.717, 1.165) is 54.5 Å². The highest BCUT2D eigenvalue weighted by molar-refractivity contribution is 6.31. The molecule has 1 N–H and O–H groups in total. The summed E-state index contributed by atoms with van der Waals surface area (Å²) >= 11 is 6.41. The summed E-state index contributed by atoms with van der Waals surface area (Å²) in [6.07, 6.45) is 10.8. The van der Waals surface area contributed by atoms with Crippen molar-refractivity contribution >= 4 is 28.5 Å². The molecule has 3 fully saturated rings. The van der Waals surface area contributed by atoms with Crippen LogP contribution in [0.5, 0.6) is 0 Å². The molecule has 1 aromatic heterocycles. The summed E-state index contributed by atoms with van der Waals surface area (Å²) in [5.74, 6) is 1.71. The Bertz CT molecular complexity index is 1490. The molecule has 220 valence electrons. The van der Waals surface area contributed by atoms with E-state index in [2.05, 4.69) is 72.7 Å². The van der Waals surface area contributed by atoms with Crippen molar-refractivity contribution < 1.29 is 9.90 Å². The van der Waals surface area contributed by atoms with Gasteiger partial charge in [-0.3, -0.25) is 9.78 Å². The molecule has 3 saturated carbocycles. The summed E-state index contributed by atoms with van der Waals surface area (Å²) in [5, 5.41) is 12.6. The van der Waals surface area contributed by atoms with Gasteiger partial charge in [0.15, 0.2) is 0 Å². The largest absolute Gasteiger partial charge is 0.481 e. The Labute approximate surface area is 251 Å². The number of benzene rings is 1. The number of pyridine rings is 1. The topological polar surface area (TPSA) is 50.2 Å². The monoisotopic (exact) mass is 573 g/mol. The molecule has 0 bridgehead atoms. The highest BCUT2D eigenvalue weighted by Gasteiger charge is 2.69. The van der Waals surface area contributed by atoms with Crippen molar-refractivity contribution in [2.75, 3.05) is 0 Å². The van der Waals surface area contributed by atoms with Crippen LogP contribution in [0.1, 0.15) is 105 Å². The Balaban J connectivity index is 1.36. The van der Waals surface area contributed by atoms with Gasteiger partial charge < -0.3 is 5.11 Å². The molecule has 9 atom stereocenters. The summed E-state index contributed by atoms with van der Waals surface area (Å²) in [6, 6.07) is 8.48. The van der Waals surface area contributed by atoms with E-state index in [1.807, 2.05) is 6.07 Å². The third-order valence-corrected chi connectivity index (χ3v) is 14.8. The Hall–Kier alpha value is -1.87. The Morgan fingerprint density at radius 3 is 2.46 bits per heavy atom. The lowest BCUT2D eigenvalue weighted by Crippen LogP contribution is -2.65. The maximum atomic E-state index is 13.0. The van der Waals surface area contributed by atoms with Crippen molar-refractivity contribution in [3.63, 3.8) is 0 Å². The SMILES string of the molecule is C[C@H]1[C@H](C)CC[C@]2(C(=O)O)CC[C@]3(C)C(=CC[C@@H]4[C@@]5(C)Cc6cc7cc(Cl)ccc7nc6C(C)(C)[C@@H]5CC[C@]43C)[C@H]12. The van der Waals surface area contributed by atoms with Crippen molar-refractivity contribution in [1.29, 1.82) is 0 Å². The molecule has 3 nitrogen and oxygen atoms in total. The van der Waals surface area contributed by atoms with Gasteiger partial charge in [0.2, 0.25) is 0 Å². The second kappa shape index (κ2) is 8.61. The van der Waals surface area contributed by atoms with Gasteiger partial charge in [-0.05, 0) is 127 Å². The predicted octanol–water partition coefficient (Wildman–Crippen LogP) is 9.64. The van der Waals surface area contributed by atoms with Crippen LogP contribution in [0.2, 0.25) is 5.02 Å². The van der Waals surface area contributed by atoms with Crippen LogP contribution in [0.25, 0.3) is 10.9 Å². The van der Waals surface area contributed by atoms with E-state index < -0.39 is 11.4 Å². The first-order valence-corrected chi connectivity index (χ1v) is 16.6. The zero-order chi connectivity index (χ0) is 29.3. The molecule has 7 rings (SSSR count). The van der Waals surface area contributed by atoms with Gasteiger partial charge in [-0.25, -0.2) is 0 Å². The van der Waals surface area contributed by atoms with Gasteiger partial charge in [-0.1, -0.05) is 71.7 Å². The van der Waals surface area contributed by atoms with Crippen LogP contribution in [-0.4, -0.2) is 16.1 Å². The fourth-order valence-corrected chi connectivity index (χ4v) is 12.3. The van der Waals surface area contributed by atoms with E-state index in [4.69, 9.17) is 16.6 Å². The molecule has 1 aromatic carbocycles. The standard InChI is InChI=1S/C37H48ClNO2/c1-21-12-15-37(32(40)41)17-16-35(6)26(30(37)22(21)2)9-11-29-34(5)20-24-18-23-19-25(38)8-10-27(23)39-31(24)33(3,4)28(34)13-14-36(29,35)7/h8-10,18-19,21-22,28-30H,11-17,20H2,1-7H3,(H,40,41)/t21-,22+,28+,29-,30+,34+,35-,36-,37+/m1/s1. The molecule has 2 aromatic rings. The molecule has 41 heavy (non-hydrogen) atoms. The summed E-state index contributed by atoms with van der Waals surface area (Å²) < 4.78 is 0. The highest BCUT2D eigenvalue weighted by Crippen LogP contribution is 2.75. The molecule has 0 saturated heterocycles. The zero-order valence-corrected chi connectivity index (χ0v) is 26.9. The number of fused-ring (bicyclic) bond motifs is 9. The first-order valence-electron chi connectivity index (χ1n) is 16.2. The van der Waals surface area contributed by atoms with Crippen LogP contribution in [-0.2, 0) is 16.6 Å².